The molecule has 12 aromatic rings. The maximum Gasteiger partial charge on any atom is 0.164 e. The van der Waals surface area contributed by atoms with E-state index in [0.29, 0.717) is 17.5 Å². The number of rotatable bonds is 5. The van der Waals surface area contributed by atoms with E-state index in [2.05, 4.69) is 179 Å². The molecule has 0 unspecified atom stereocenters. The average molecular weight is 740 g/mol. The molecule has 0 aliphatic carbocycles. The summed E-state index contributed by atoms with van der Waals surface area (Å²) in [6, 6.07) is 71.0. The van der Waals surface area contributed by atoms with Crippen molar-refractivity contribution in [2.45, 2.75) is 0 Å². The van der Waals surface area contributed by atoms with Crippen LogP contribution in [-0.4, -0.2) is 24.1 Å². The average Bonchev–Trinajstić information content (AvgIpc) is 3.80. The summed E-state index contributed by atoms with van der Waals surface area (Å²) >= 11 is 0. The molecule has 9 aromatic carbocycles. The van der Waals surface area contributed by atoms with Crippen molar-refractivity contribution in [3.05, 3.63) is 200 Å². The number of hydrogen-bond donors (Lipinski definition) is 0. The second-order valence-electron chi connectivity index (χ2n) is 14.9. The Morgan fingerprint density at radius 2 is 0.810 bits per heavy atom. The first-order valence-corrected chi connectivity index (χ1v) is 19.6. The van der Waals surface area contributed by atoms with E-state index in [1.807, 2.05) is 30.3 Å². The molecule has 0 bridgehead atoms. The lowest BCUT2D eigenvalue weighted by Gasteiger charge is -2.12. The Kier molecular flexibility index (Phi) is 7.16. The van der Waals surface area contributed by atoms with Gasteiger partial charge in [0.1, 0.15) is 0 Å². The Hall–Kier alpha value is -7.89. The van der Waals surface area contributed by atoms with Crippen molar-refractivity contribution in [3.8, 4) is 45.5 Å². The molecule has 5 nitrogen and oxygen atoms in total. The molecule has 0 radical (unpaired) electrons. The van der Waals surface area contributed by atoms with E-state index in [1.54, 1.807) is 0 Å². The molecule has 0 atom stereocenters. The second-order valence-corrected chi connectivity index (χ2v) is 14.9. The van der Waals surface area contributed by atoms with Crippen LogP contribution in [0, 0.1) is 0 Å². The van der Waals surface area contributed by atoms with E-state index in [0.717, 1.165) is 44.5 Å². The van der Waals surface area contributed by atoms with Crippen LogP contribution in [0.3, 0.4) is 0 Å². The second kappa shape index (κ2) is 12.8. The molecule has 0 saturated heterocycles. The van der Waals surface area contributed by atoms with Gasteiger partial charge in [-0.2, -0.15) is 0 Å². The molecule has 5 heteroatoms. The maximum atomic E-state index is 5.08. The monoisotopic (exact) mass is 739 g/mol. The molecule has 3 aromatic heterocycles. The zero-order valence-corrected chi connectivity index (χ0v) is 31.3. The Labute approximate surface area is 333 Å². The molecule has 58 heavy (non-hydrogen) atoms. The van der Waals surface area contributed by atoms with Crippen LogP contribution in [0.4, 0.5) is 0 Å². The van der Waals surface area contributed by atoms with Crippen molar-refractivity contribution in [1.29, 1.82) is 0 Å². The van der Waals surface area contributed by atoms with Crippen LogP contribution < -0.4 is 0 Å². The molecule has 0 amide bonds. The summed E-state index contributed by atoms with van der Waals surface area (Å²) in [6.45, 7) is 0. The van der Waals surface area contributed by atoms with E-state index in [1.165, 1.54) is 48.7 Å². The molecule has 0 aliphatic rings. The van der Waals surface area contributed by atoms with Crippen LogP contribution in [0.2, 0.25) is 0 Å². The van der Waals surface area contributed by atoms with Crippen LogP contribution in [0.25, 0.3) is 111 Å². The van der Waals surface area contributed by atoms with Crippen LogP contribution >= 0.6 is 0 Å². The molecule has 0 aliphatic heterocycles. The summed E-state index contributed by atoms with van der Waals surface area (Å²) in [7, 11) is 0. The number of hydrogen-bond acceptors (Lipinski definition) is 3. The van der Waals surface area contributed by atoms with Crippen molar-refractivity contribution in [2.75, 3.05) is 0 Å². The van der Waals surface area contributed by atoms with Crippen LogP contribution in [0.15, 0.2) is 200 Å². The standard InChI is InChI=1S/C53H33N5/c1-3-15-36(16-4-1)51-54-52(56-53(55-51)39-24-23-34-13-7-8-17-38(34)31-39)37-25-28-41(29-26-37)57-47-22-12-11-21-43(47)45-32-46-44-30-27-35-14-9-10-20-42(35)50(44)58(49(46)33-48(45)57)40-18-5-2-6-19-40/h1-33H. The fraction of sp³-hybridized carbons (Fsp3) is 0. The third-order valence-electron chi connectivity index (χ3n) is 11.5. The van der Waals surface area contributed by atoms with Gasteiger partial charge in [-0.3, -0.25) is 0 Å². The minimum atomic E-state index is 0.632. The van der Waals surface area contributed by atoms with Crippen molar-refractivity contribution < 1.29 is 0 Å². The van der Waals surface area contributed by atoms with E-state index in [-0.39, 0.29) is 0 Å². The lowest BCUT2D eigenvalue weighted by Crippen LogP contribution is -2.00. The van der Waals surface area contributed by atoms with Gasteiger partial charge in [0.05, 0.1) is 22.1 Å². The predicted molar refractivity (Wildman–Crippen MR) is 240 cm³/mol. The van der Waals surface area contributed by atoms with Crippen molar-refractivity contribution in [3.63, 3.8) is 0 Å². The van der Waals surface area contributed by atoms with Crippen LogP contribution in [0.5, 0.6) is 0 Å². The number of benzene rings is 9. The summed E-state index contributed by atoms with van der Waals surface area (Å²) in [5.41, 5.74) is 9.73. The first-order chi connectivity index (χ1) is 28.7. The van der Waals surface area contributed by atoms with Gasteiger partial charge in [0.25, 0.3) is 0 Å². The summed E-state index contributed by atoms with van der Waals surface area (Å²) in [4.78, 5) is 15.1. The quantitative estimate of drug-likeness (QED) is 0.177. The fourth-order valence-electron chi connectivity index (χ4n) is 8.80. The van der Waals surface area contributed by atoms with Crippen molar-refractivity contribution >= 4 is 65.2 Å². The topological polar surface area (TPSA) is 48.5 Å². The Balaban J connectivity index is 1.05. The van der Waals surface area contributed by atoms with Gasteiger partial charge in [-0.15, -0.1) is 0 Å². The minimum Gasteiger partial charge on any atom is -0.309 e. The highest BCUT2D eigenvalue weighted by Gasteiger charge is 2.20. The molecule has 3 heterocycles. The van der Waals surface area contributed by atoms with E-state index in [9.17, 15) is 0 Å². The molecule has 0 spiro atoms. The molecular weight excluding hydrogens is 707 g/mol. The van der Waals surface area contributed by atoms with Gasteiger partial charge in [0.15, 0.2) is 17.5 Å². The number of nitrogens with zero attached hydrogens (tertiary/aromatic N) is 5. The fourth-order valence-corrected chi connectivity index (χ4v) is 8.80. The highest BCUT2D eigenvalue weighted by molar-refractivity contribution is 6.23. The summed E-state index contributed by atoms with van der Waals surface area (Å²) in [5, 5.41) is 9.72. The first kappa shape index (κ1) is 32.4. The maximum absolute atomic E-state index is 5.08. The number of aromatic nitrogens is 5. The number of para-hydroxylation sites is 2. The van der Waals surface area contributed by atoms with E-state index < -0.39 is 0 Å². The molecular formula is C53H33N5. The number of fused-ring (bicyclic) bond motifs is 9. The predicted octanol–water partition coefficient (Wildman–Crippen LogP) is 13.4. The molecule has 270 valence electrons. The Morgan fingerprint density at radius 3 is 1.59 bits per heavy atom. The van der Waals surface area contributed by atoms with Gasteiger partial charge in [-0.25, -0.2) is 15.0 Å². The summed E-state index contributed by atoms with van der Waals surface area (Å²) in [6.07, 6.45) is 0. The van der Waals surface area contributed by atoms with Crippen molar-refractivity contribution in [1.82, 2.24) is 24.1 Å². The SMILES string of the molecule is c1ccc(-c2nc(-c3ccc(-n4c5ccccc5c5cc6c7ccc8ccccc8c7n(-c7ccccc7)c6cc54)cc3)nc(-c3ccc4ccccc4c3)n2)cc1. The molecule has 0 N–H and O–H groups in total. The van der Waals surface area contributed by atoms with Gasteiger partial charge in [0, 0.05) is 55.0 Å². The van der Waals surface area contributed by atoms with E-state index in [4.69, 9.17) is 15.0 Å². The smallest absolute Gasteiger partial charge is 0.164 e. The first-order valence-electron chi connectivity index (χ1n) is 19.6. The van der Waals surface area contributed by atoms with Crippen LogP contribution in [-0.2, 0) is 0 Å². The highest BCUT2D eigenvalue weighted by atomic mass is 15.0. The summed E-state index contributed by atoms with van der Waals surface area (Å²) in [5.74, 6) is 1.92. The third-order valence-corrected chi connectivity index (χ3v) is 11.5. The van der Waals surface area contributed by atoms with Gasteiger partial charge >= 0.3 is 0 Å². The van der Waals surface area contributed by atoms with Gasteiger partial charge in [-0.05, 0) is 76.8 Å². The Morgan fingerprint density at radius 1 is 0.276 bits per heavy atom. The van der Waals surface area contributed by atoms with Gasteiger partial charge in [-0.1, -0.05) is 140 Å². The normalized spacial score (nSPS) is 11.8. The van der Waals surface area contributed by atoms with Gasteiger partial charge < -0.3 is 9.13 Å². The summed E-state index contributed by atoms with van der Waals surface area (Å²) < 4.78 is 4.83. The Bertz CT molecular complexity index is 3550. The lowest BCUT2D eigenvalue weighted by molar-refractivity contribution is 1.07. The zero-order chi connectivity index (χ0) is 38.2. The largest absolute Gasteiger partial charge is 0.309 e. The lowest BCUT2D eigenvalue weighted by atomic mass is 10.0. The van der Waals surface area contributed by atoms with Crippen molar-refractivity contribution in [2.24, 2.45) is 0 Å². The highest BCUT2D eigenvalue weighted by Crippen LogP contribution is 2.42. The van der Waals surface area contributed by atoms with Crippen LogP contribution in [0.1, 0.15) is 0 Å². The van der Waals surface area contributed by atoms with Gasteiger partial charge in [0.2, 0.25) is 0 Å². The van der Waals surface area contributed by atoms with E-state index >= 15 is 0 Å². The molecule has 0 fully saturated rings. The molecule has 12 rings (SSSR count). The molecule has 0 saturated carbocycles. The zero-order valence-electron chi connectivity index (χ0n) is 31.3. The minimum absolute atomic E-state index is 0.632. The third kappa shape index (κ3) is 5.07.